The van der Waals surface area contributed by atoms with Gasteiger partial charge < -0.3 is 5.32 Å². The molecule has 1 N–H and O–H groups in total. The lowest BCUT2D eigenvalue weighted by molar-refractivity contribution is -0.116. The van der Waals surface area contributed by atoms with Crippen LogP contribution in [0.25, 0.3) is 6.08 Å². The number of halogens is 1. The number of hydrogen-bond donors (Lipinski definition) is 1. The largest absolute Gasteiger partial charge is 0.354 e. The smallest absolute Gasteiger partial charge is 0.261 e. The third kappa shape index (κ3) is 2.92. The van der Waals surface area contributed by atoms with Gasteiger partial charge >= 0.3 is 0 Å². The number of nitriles is 1. The number of benzene rings is 1. The van der Waals surface area contributed by atoms with Crippen LogP contribution in [-0.4, -0.2) is 13.0 Å². The molecule has 0 aliphatic rings. The Bertz CT molecular complexity index is 446. The summed E-state index contributed by atoms with van der Waals surface area (Å²) in [5.41, 5.74) is 0.429. The van der Waals surface area contributed by atoms with Crippen molar-refractivity contribution in [3.8, 4) is 6.07 Å². The van der Waals surface area contributed by atoms with Gasteiger partial charge in [0.15, 0.2) is 0 Å². The molecule has 1 aromatic rings. The zero-order valence-electron chi connectivity index (χ0n) is 8.12. The van der Waals surface area contributed by atoms with Crippen LogP contribution in [-0.2, 0) is 4.79 Å². The predicted molar refractivity (Wildman–Crippen MR) is 54.1 cm³/mol. The molecule has 0 spiro atoms. The monoisotopic (exact) mass is 204 g/mol. The van der Waals surface area contributed by atoms with E-state index in [9.17, 15) is 9.18 Å². The van der Waals surface area contributed by atoms with E-state index in [2.05, 4.69) is 5.32 Å². The molecule has 0 heterocycles. The highest BCUT2D eigenvalue weighted by molar-refractivity contribution is 6.01. The maximum Gasteiger partial charge on any atom is 0.261 e. The van der Waals surface area contributed by atoms with Crippen LogP contribution in [0.1, 0.15) is 5.56 Å². The standard InChI is InChI=1S/C11H9FN2O/c1-14-11(15)9(7-13)5-8-3-2-4-10(12)6-8/h2-6H,1H3,(H,14,15)/b9-5-. The van der Waals surface area contributed by atoms with E-state index in [0.717, 1.165) is 0 Å². The van der Waals surface area contributed by atoms with Crippen LogP contribution < -0.4 is 5.32 Å². The van der Waals surface area contributed by atoms with Gasteiger partial charge in [-0.3, -0.25) is 4.79 Å². The SMILES string of the molecule is CNC(=O)/C(C#N)=C\c1cccc(F)c1. The van der Waals surface area contributed by atoms with Crippen molar-refractivity contribution in [3.05, 3.63) is 41.2 Å². The van der Waals surface area contributed by atoms with Crippen LogP contribution in [0.5, 0.6) is 0 Å². The maximum absolute atomic E-state index is 12.8. The van der Waals surface area contributed by atoms with E-state index in [-0.39, 0.29) is 5.57 Å². The Morgan fingerprint density at radius 2 is 2.33 bits per heavy atom. The van der Waals surface area contributed by atoms with Crippen LogP contribution in [0.2, 0.25) is 0 Å². The molecule has 3 nitrogen and oxygen atoms in total. The summed E-state index contributed by atoms with van der Waals surface area (Å²) in [6.07, 6.45) is 1.34. The summed E-state index contributed by atoms with van der Waals surface area (Å²) in [4.78, 5) is 11.1. The number of likely N-dealkylation sites (N-methyl/N-ethyl adjacent to an activating group) is 1. The Balaban J connectivity index is 3.05. The van der Waals surface area contributed by atoms with Crippen molar-refractivity contribution < 1.29 is 9.18 Å². The number of hydrogen-bond acceptors (Lipinski definition) is 2. The van der Waals surface area contributed by atoms with Crippen molar-refractivity contribution in [2.45, 2.75) is 0 Å². The van der Waals surface area contributed by atoms with Crippen molar-refractivity contribution in [1.29, 1.82) is 5.26 Å². The molecule has 0 aliphatic carbocycles. The summed E-state index contributed by atoms with van der Waals surface area (Å²) in [5.74, 6) is -0.889. The first kappa shape index (κ1) is 10.9. The normalized spacial score (nSPS) is 10.6. The Hall–Kier alpha value is -2.15. The highest BCUT2D eigenvalue weighted by atomic mass is 19.1. The minimum absolute atomic E-state index is 0.0527. The van der Waals surface area contributed by atoms with Crippen molar-refractivity contribution in [3.63, 3.8) is 0 Å². The van der Waals surface area contributed by atoms with E-state index in [0.29, 0.717) is 5.56 Å². The summed E-state index contributed by atoms with van der Waals surface area (Å²) in [7, 11) is 1.43. The van der Waals surface area contributed by atoms with Crippen LogP contribution in [0.3, 0.4) is 0 Å². The number of carbonyl (C=O) groups excluding carboxylic acids is 1. The Labute approximate surface area is 86.8 Å². The quantitative estimate of drug-likeness (QED) is 0.586. The lowest BCUT2D eigenvalue weighted by Gasteiger charge is -1.97. The number of amides is 1. The molecular weight excluding hydrogens is 195 g/mol. The second kappa shape index (κ2) is 4.91. The lowest BCUT2D eigenvalue weighted by atomic mass is 10.1. The van der Waals surface area contributed by atoms with Gasteiger partial charge in [0.1, 0.15) is 17.5 Å². The Morgan fingerprint density at radius 1 is 1.60 bits per heavy atom. The molecule has 0 radical (unpaired) electrons. The molecule has 0 saturated heterocycles. The molecule has 0 saturated carbocycles. The highest BCUT2D eigenvalue weighted by Crippen LogP contribution is 2.08. The van der Waals surface area contributed by atoms with Crippen molar-refractivity contribution >= 4 is 12.0 Å². The van der Waals surface area contributed by atoms with Gasteiger partial charge in [-0.2, -0.15) is 5.26 Å². The zero-order valence-corrected chi connectivity index (χ0v) is 8.12. The van der Waals surface area contributed by atoms with Crippen molar-refractivity contribution in [2.24, 2.45) is 0 Å². The molecule has 1 aromatic carbocycles. The van der Waals surface area contributed by atoms with Gasteiger partial charge in [-0.1, -0.05) is 12.1 Å². The fourth-order valence-corrected chi connectivity index (χ4v) is 1.05. The average Bonchev–Trinajstić information content (AvgIpc) is 2.25. The van der Waals surface area contributed by atoms with Crippen molar-refractivity contribution in [2.75, 3.05) is 7.05 Å². The molecule has 0 bridgehead atoms. The van der Waals surface area contributed by atoms with E-state index in [1.165, 1.54) is 31.3 Å². The molecule has 4 heteroatoms. The number of nitrogens with zero attached hydrogens (tertiary/aromatic N) is 1. The average molecular weight is 204 g/mol. The van der Waals surface area contributed by atoms with Gasteiger partial charge in [0.2, 0.25) is 0 Å². The molecule has 0 fully saturated rings. The van der Waals surface area contributed by atoms with Gasteiger partial charge in [-0.15, -0.1) is 0 Å². The van der Waals surface area contributed by atoms with E-state index < -0.39 is 11.7 Å². The van der Waals surface area contributed by atoms with Crippen LogP contribution >= 0.6 is 0 Å². The minimum atomic E-state index is -0.484. The Morgan fingerprint density at radius 3 is 2.87 bits per heavy atom. The van der Waals surface area contributed by atoms with Gasteiger partial charge in [-0.25, -0.2) is 4.39 Å². The lowest BCUT2D eigenvalue weighted by Crippen LogP contribution is -2.19. The summed E-state index contributed by atoms with van der Waals surface area (Å²) >= 11 is 0. The van der Waals surface area contributed by atoms with Gasteiger partial charge in [0.25, 0.3) is 5.91 Å². The fourth-order valence-electron chi connectivity index (χ4n) is 1.05. The zero-order chi connectivity index (χ0) is 11.3. The third-order valence-corrected chi connectivity index (χ3v) is 1.75. The molecular formula is C11H9FN2O. The summed E-state index contributed by atoms with van der Waals surface area (Å²) in [6.45, 7) is 0. The molecule has 0 unspecified atom stereocenters. The number of carbonyl (C=O) groups is 1. The summed E-state index contributed by atoms with van der Waals surface area (Å²) < 4.78 is 12.8. The first-order valence-electron chi connectivity index (χ1n) is 4.27. The second-order valence-corrected chi connectivity index (χ2v) is 2.80. The summed E-state index contributed by atoms with van der Waals surface area (Å²) in [5, 5.41) is 11.0. The molecule has 0 aliphatic heterocycles. The van der Waals surface area contributed by atoms with Crippen LogP contribution in [0.15, 0.2) is 29.8 Å². The van der Waals surface area contributed by atoms with Gasteiger partial charge in [-0.05, 0) is 23.8 Å². The van der Waals surface area contributed by atoms with E-state index in [1.807, 2.05) is 0 Å². The van der Waals surface area contributed by atoms with E-state index >= 15 is 0 Å². The first-order chi connectivity index (χ1) is 7.17. The fraction of sp³-hybridized carbons (Fsp3) is 0.0909. The van der Waals surface area contributed by atoms with Gasteiger partial charge in [0.05, 0.1) is 0 Å². The first-order valence-corrected chi connectivity index (χ1v) is 4.27. The second-order valence-electron chi connectivity index (χ2n) is 2.80. The van der Waals surface area contributed by atoms with E-state index in [1.54, 1.807) is 12.1 Å². The topological polar surface area (TPSA) is 52.9 Å². The molecule has 0 aromatic heterocycles. The number of rotatable bonds is 2. The van der Waals surface area contributed by atoms with Crippen LogP contribution in [0, 0.1) is 17.1 Å². The maximum atomic E-state index is 12.8. The molecule has 15 heavy (non-hydrogen) atoms. The highest BCUT2D eigenvalue weighted by Gasteiger charge is 2.05. The van der Waals surface area contributed by atoms with Crippen molar-refractivity contribution in [1.82, 2.24) is 5.32 Å². The molecule has 1 rings (SSSR count). The summed E-state index contributed by atoms with van der Waals surface area (Å²) in [6, 6.07) is 7.42. The molecule has 1 amide bonds. The number of nitrogens with one attached hydrogen (secondary N) is 1. The minimum Gasteiger partial charge on any atom is -0.354 e. The van der Waals surface area contributed by atoms with E-state index in [4.69, 9.17) is 5.26 Å². The Kier molecular flexibility index (Phi) is 3.58. The third-order valence-electron chi connectivity index (χ3n) is 1.75. The molecule has 76 valence electrons. The van der Waals surface area contributed by atoms with Crippen LogP contribution in [0.4, 0.5) is 4.39 Å². The van der Waals surface area contributed by atoms with Gasteiger partial charge in [0, 0.05) is 7.05 Å². The predicted octanol–water partition coefficient (Wildman–Crippen LogP) is 1.48. The molecule has 0 atom stereocenters.